The van der Waals surface area contributed by atoms with E-state index in [0.717, 1.165) is 23.1 Å². The molecule has 1 heteroatoms. The normalized spacial score (nSPS) is 25.1. The molecule has 31 heavy (non-hydrogen) atoms. The number of unbranched alkanes of at least 4 members (excludes halogenated alkanes) is 5. The molecular weight excluding hydrogens is 379 g/mol. The van der Waals surface area contributed by atoms with E-state index in [1.54, 1.807) is 0 Å². The van der Waals surface area contributed by atoms with Gasteiger partial charge in [0.25, 0.3) is 0 Å². The summed E-state index contributed by atoms with van der Waals surface area (Å²) in [4.78, 5) is 0. The van der Waals surface area contributed by atoms with Crippen molar-refractivity contribution in [3.8, 4) is 11.1 Å². The van der Waals surface area contributed by atoms with E-state index in [-0.39, 0.29) is 11.2 Å². The maximum atomic E-state index is 15.8. The van der Waals surface area contributed by atoms with Crippen LogP contribution < -0.4 is 0 Å². The summed E-state index contributed by atoms with van der Waals surface area (Å²) in [5.74, 6) is 0.0390. The molecule has 5 rings (SSSR count). The number of hydrogen-bond acceptors (Lipinski definition) is 0. The number of halogens is 1. The Morgan fingerprint density at radius 1 is 0.742 bits per heavy atom. The van der Waals surface area contributed by atoms with Crippen molar-refractivity contribution in [3.63, 3.8) is 0 Å². The smallest absolute Gasteiger partial charge is 0.134 e. The van der Waals surface area contributed by atoms with E-state index < -0.39 is 0 Å². The topological polar surface area (TPSA) is 0 Å². The van der Waals surface area contributed by atoms with Gasteiger partial charge in [-0.05, 0) is 78.9 Å². The lowest BCUT2D eigenvalue weighted by molar-refractivity contribution is 0.0288. The van der Waals surface area contributed by atoms with Gasteiger partial charge in [-0.15, -0.1) is 0 Å². The van der Waals surface area contributed by atoms with E-state index in [1.165, 1.54) is 89.0 Å². The van der Waals surface area contributed by atoms with E-state index in [1.807, 2.05) is 6.07 Å². The highest BCUT2D eigenvalue weighted by atomic mass is 19.1. The number of hydrogen-bond donors (Lipinski definition) is 0. The fourth-order valence-electron chi connectivity index (χ4n) is 6.41. The Morgan fingerprint density at radius 2 is 1.39 bits per heavy atom. The lowest BCUT2D eigenvalue weighted by Crippen LogP contribution is -2.44. The second kappa shape index (κ2) is 9.88. The average molecular weight is 421 g/mol. The minimum absolute atomic E-state index is 0.0390. The molecule has 0 heterocycles. The van der Waals surface area contributed by atoms with Gasteiger partial charge in [0.05, 0.1) is 0 Å². The van der Waals surface area contributed by atoms with Crippen LogP contribution in [0.4, 0.5) is 4.39 Å². The molecule has 0 aromatic heterocycles. The summed E-state index contributed by atoms with van der Waals surface area (Å²) >= 11 is 0. The molecule has 0 saturated heterocycles. The molecule has 168 valence electrons. The molecule has 0 unspecified atom stereocenters. The van der Waals surface area contributed by atoms with E-state index in [4.69, 9.17) is 0 Å². The van der Waals surface area contributed by atoms with Crippen LogP contribution in [0.2, 0.25) is 0 Å². The van der Waals surface area contributed by atoms with Gasteiger partial charge in [0.2, 0.25) is 0 Å². The Hall–Kier alpha value is -1.63. The fourth-order valence-corrected chi connectivity index (χ4v) is 6.41. The molecule has 0 amide bonds. The van der Waals surface area contributed by atoms with Crippen molar-refractivity contribution < 1.29 is 4.39 Å². The van der Waals surface area contributed by atoms with Gasteiger partial charge < -0.3 is 0 Å². The zero-order valence-electron chi connectivity index (χ0n) is 19.8. The number of fused-ring (bicyclic) bond motifs is 3. The van der Waals surface area contributed by atoms with Crippen molar-refractivity contribution >= 4 is 0 Å². The van der Waals surface area contributed by atoms with Crippen LogP contribution in [0.1, 0.15) is 108 Å². The minimum atomic E-state index is 0.0390. The molecule has 0 spiro atoms. The molecule has 2 aromatic rings. The predicted octanol–water partition coefficient (Wildman–Crippen LogP) is 9.40. The monoisotopic (exact) mass is 420 g/mol. The molecule has 3 saturated carbocycles. The fraction of sp³-hybridized carbons (Fsp3) is 0.600. The SMILES string of the molecule is CCCCCCCCC12CCC(c3cccc(-c4ccc(CC)cc4)c3F)(CC1)CC2. The Bertz CT molecular complexity index is 823. The lowest BCUT2D eigenvalue weighted by Gasteiger charge is -2.54. The third kappa shape index (κ3) is 4.76. The minimum Gasteiger partial charge on any atom is -0.206 e. The van der Waals surface area contributed by atoms with Crippen molar-refractivity contribution in [3.05, 3.63) is 59.4 Å². The van der Waals surface area contributed by atoms with E-state index in [9.17, 15) is 0 Å². The van der Waals surface area contributed by atoms with Gasteiger partial charge in [-0.1, -0.05) is 94.8 Å². The largest absolute Gasteiger partial charge is 0.206 e. The first kappa shape index (κ1) is 22.6. The van der Waals surface area contributed by atoms with Crippen LogP contribution in [0, 0.1) is 11.2 Å². The standard InChI is InChI=1S/C30H41F/c1-3-5-6-7-8-9-17-29-18-21-30(22-19-29,23-20-29)27-12-10-11-26(28(27)31)25-15-13-24(4-2)14-16-25/h10-16H,3-9,17-23H2,1-2H3. The zero-order valence-corrected chi connectivity index (χ0v) is 19.8. The summed E-state index contributed by atoms with van der Waals surface area (Å²) in [6.45, 7) is 4.45. The van der Waals surface area contributed by atoms with E-state index in [0.29, 0.717) is 5.41 Å². The van der Waals surface area contributed by atoms with Crippen LogP contribution in [-0.4, -0.2) is 0 Å². The maximum Gasteiger partial charge on any atom is 0.134 e. The first-order chi connectivity index (χ1) is 15.1. The Morgan fingerprint density at radius 3 is 2.03 bits per heavy atom. The third-order valence-corrected chi connectivity index (χ3v) is 8.71. The number of benzene rings is 2. The molecule has 3 fully saturated rings. The van der Waals surface area contributed by atoms with Gasteiger partial charge in [0.1, 0.15) is 5.82 Å². The van der Waals surface area contributed by atoms with Crippen LogP contribution in [0.25, 0.3) is 11.1 Å². The molecule has 0 nitrogen and oxygen atoms in total. The first-order valence-electron chi connectivity index (χ1n) is 13.0. The van der Waals surface area contributed by atoms with Crippen molar-refractivity contribution in [2.45, 2.75) is 109 Å². The molecular formula is C30H41F. The maximum absolute atomic E-state index is 15.8. The van der Waals surface area contributed by atoms with Gasteiger partial charge in [0.15, 0.2) is 0 Å². The van der Waals surface area contributed by atoms with Gasteiger partial charge in [-0.25, -0.2) is 4.39 Å². The number of rotatable bonds is 10. The van der Waals surface area contributed by atoms with Crippen LogP contribution >= 0.6 is 0 Å². The molecule has 2 aromatic carbocycles. The summed E-state index contributed by atoms with van der Waals surface area (Å²) in [6.07, 6.45) is 18.2. The Labute approximate surface area is 189 Å². The lowest BCUT2D eigenvalue weighted by atomic mass is 9.50. The summed E-state index contributed by atoms with van der Waals surface area (Å²) in [5, 5.41) is 0. The van der Waals surface area contributed by atoms with E-state index >= 15 is 4.39 Å². The molecule has 0 N–H and O–H groups in total. The van der Waals surface area contributed by atoms with Crippen molar-refractivity contribution in [2.24, 2.45) is 5.41 Å². The quantitative estimate of drug-likeness (QED) is 0.336. The second-order valence-corrected chi connectivity index (χ2v) is 10.5. The molecule has 3 aliphatic rings. The average Bonchev–Trinajstić information content (AvgIpc) is 2.83. The predicted molar refractivity (Wildman–Crippen MR) is 131 cm³/mol. The van der Waals surface area contributed by atoms with Crippen molar-refractivity contribution in [2.75, 3.05) is 0 Å². The summed E-state index contributed by atoms with van der Waals surface area (Å²) < 4.78 is 15.8. The Balaban J connectivity index is 1.43. The molecule has 0 radical (unpaired) electrons. The van der Waals surface area contributed by atoms with Gasteiger partial charge in [-0.3, -0.25) is 0 Å². The second-order valence-electron chi connectivity index (χ2n) is 10.5. The van der Waals surface area contributed by atoms with Crippen LogP contribution in [0.5, 0.6) is 0 Å². The van der Waals surface area contributed by atoms with Crippen LogP contribution in [0.3, 0.4) is 0 Å². The summed E-state index contributed by atoms with van der Waals surface area (Å²) in [7, 11) is 0. The highest BCUT2D eigenvalue weighted by Gasteiger charge is 2.49. The number of aryl methyl sites for hydroxylation is 1. The summed E-state index contributed by atoms with van der Waals surface area (Å²) in [6, 6.07) is 14.6. The van der Waals surface area contributed by atoms with Crippen molar-refractivity contribution in [1.29, 1.82) is 0 Å². The van der Waals surface area contributed by atoms with Crippen molar-refractivity contribution in [1.82, 2.24) is 0 Å². The van der Waals surface area contributed by atoms with Gasteiger partial charge in [-0.2, -0.15) is 0 Å². The highest BCUT2D eigenvalue weighted by Crippen LogP contribution is 2.60. The first-order valence-corrected chi connectivity index (χ1v) is 13.0. The molecule has 0 atom stereocenters. The summed E-state index contributed by atoms with van der Waals surface area (Å²) in [5.41, 5.74) is 4.74. The molecule has 3 aliphatic carbocycles. The zero-order chi connectivity index (χ0) is 21.7. The van der Waals surface area contributed by atoms with Gasteiger partial charge >= 0.3 is 0 Å². The Kier molecular flexibility index (Phi) is 7.19. The van der Waals surface area contributed by atoms with E-state index in [2.05, 4.69) is 50.2 Å². The van der Waals surface area contributed by atoms with Gasteiger partial charge in [0, 0.05) is 5.56 Å². The highest BCUT2D eigenvalue weighted by molar-refractivity contribution is 5.66. The molecule has 2 bridgehead atoms. The van der Waals surface area contributed by atoms with Crippen LogP contribution in [0.15, 0.2) is 42.5 Å². The van der Waals surface area contributed by atoms with Crippen LogP contribution in [-0.2, 0) is 11.8 Å². The molecule has 0 aliphatic heterocycles. The third-order valence-electron chi connectivity index (χ3n) is 8.71.